The highest BCUT2D eigenvalue weighted by Crippen LogP contribution is 2.26. The van der Waals surface area contributed by atoms with Gasteiger partial charge in [-0.05, 0) is 60.7 Å². The Labute approximate surface area is 252 Å². The predicted molar refractivity (Wildman–Crippen MR) is 168 cm³/mol. The second-order valence-electron chi connectivity index (χ2n) is 10.2. The standard InChI is InChI=1S/C31H39BrN4O4S/c1-6-18-33-31(38)29(20-25-10-8-7-9-11-25)35(21-26-14-16-27(32)17-15-26)30(37)22-36(41(39,40)34(4)5)28-19-23(2)12-13-24(28)3/h7-17,19,29H,6,18,20-22H2,1-5H3,(H,33,38)/t29-/m1/s1. The Morgan fingerprint density at radius 2 is 1.59 bits per heavy atom. The van der Waals surface area contributed by atoms with Crippen LogP contribution in [0.1, 0.15) is 35.6 Å². The molecule has 0 aromatic heterocycles. The highest BCUT2D eigenvalue weighted by Gasteiger charge is 2.35. The lowest BCUT2D eigenvalue weighted by Gasteiger charge is -2.35. The van der Waals surface area contributed by atoms with Crippen LogP contribution in [0.3, 0.4) is 0 Å². The zero-order valence-corrected chi connectivity index (χ0v) is 26.7. The van der Waals surface area contributed by atoms with E-state index in [-0.39, 0.29) is 18.9 Å². The molecule has 0 saturated heterocycles. The molecule has 0 aliphatic heterocycles. The Morgan fingerprint density at radius 3 is 2.20 bits per heavy atom. The number of hydrogen-bond acceptors (Lipinski definition) is 4. The number of amides is 2. The molecule has 3 aromatic carbocycles. The van der Waals surface area contributed by atoms with Gasteiger partial charge in [0.1, 0.15) is 12.6 Å². The lowest BCUT2D eigenvalue weighted by atomic mass is 10.0. The van der Waals surface area contributed by atoms with Gasteiger partial charge in [-0.3, -0.25) is 9.59 Å². The van der Waals surface area contributed by atoms with Gasteiger partial charge in [0.15, 0.2) is 0 Å². The van der Waals surface area contributed by atoms with E-state index in [1.54, 1.807) is 6.07 Å². The fourth-order valence-corrected chi connectivity index (χ4v) is 5.77. The van der Waals surface area contributed by atoms with E-state index in [1.165, 1.54) is 19.0 Å². The summed E-state index contributed by atoms with van der Waals surface area (Å²) >= 11 is 3.45. The first kappa shape index (κ1) is 32.3. The second kappa shape index (κ2) is 14.6. The number of rotatable bonds is 13. The Morgan fingerprint density at radius 1 is 0.927 bits per heavy atom. The van der Waals surface area contributed by atoms with Crippen LogP contribution < -0.4 is 9.62 Å². The maximum Gasteiger partial charge on any atom is 0.304 e. The van der Waals surface area contributed by atoms with Crippen LogP contribution in [0, 0.1) is 13.8 Å². The van der Waals surface area contributed by atoms with E-state index in [2.05, 4.69) is 21.2 Å². The van der Waals surface area contributed by atoms with E-state index in [9.17, 15) is 18.0 Å². The van der Waals surface area contributed by atoms with Crippen molar-refractivity contribution in [2.45, 2.75) is 46.2 Å². The minimum atomic E-state index is -4.04. The second-order valence-corrected chi connectivity index (χ2v) is 13.2. The lowest BCUT2D eigenvalue weighted by molar-refractivity contribution is -0.140. The van der Waals surface area contributed by atoms with Crippen molar-refractivity contribution in [1.29, 1.82) is 0 Å². The smallest absolute Gasteiger partial charge is 0.304 e. The molecule has 2 amide bonds. The lowest BCUT2D eigenvalue weighted by Crippen LogP contribution is -2.54. The number of nitrogens with zero attached hydrogens (tertiary/aromatic N) is 3. The number of halogens is 1. The van der Waals surface area contributed by atoms with Gasteiger partial charge < -0.3 is 10.2 Å². The van der Waals surface area contributed by atoms with Crippen molar-refractivity contribution in [3.63, 3.8) is 0 Å². The molecule has 3 rings (SSSR count). The molecule has 0 fully saturated rings. The van der Waals surface area contributed by atoms with E-state index in [0.717, 1.165) is 41.8 Å². The molecule has 10 heteroatoms. The highest BCUT2D eigenvalue weighted by atomic mass is 79.9. The van der Waals surface area contributed by atoms with E-state index in [4.69, 9.17) is 0 Å². The molecular formula is C31H39BrN4O4S. The number of benzene rings is 3. The molecule has 1 N–H and O–H groups in total. The summed E-state index contributed by atoms with van der Waals surface area (Å²) in [6.45, 7) is 5.78. The van der Waals surface area contributed by atoms with Gasteiger partial charge >= 0.3 is 10.2 Å². The molecule has 0 saturated carbocycles. The van der Waals surface area contributed by atoms with Gasteiger partial charge in [0, 0.05) is 38.1 Å². The summed E-state index contributed by atoms with van der Waals surface area (Å²) in [4.78, 5) is 29.4. The van der Waals surface area contributed by atoms with Gasteiger partial charge in [0.05, 0.1) is 5.69 Å². The zero-order chi connectivity index (χ0) is 30.2. The minimum Gasteiger partial charge on any atom is -0.354 e. The first-order valence-corrected chi connectivity index (χ1v) is 15.8. The molecule has 0 aliphatic carbocycles. The molecule has 3 aromatic rings. The van der Waals surface area contributed by atoms with Crippen LogP contribution in [0.15, 0.2) is 77.3 Å². The fraction of sp³-hybridized carbons (Fsp3) is 0.355. The zero-order valence-electron chi connectivity index (χ0n) is 24.3. The molecule has 1 atom stereocenters. The number of nitrogens with one attached hydrogen (secondary N) is 1. The third-order valence-corrected chi connectivity index (χ3v) is 9.07. The fourth-order valence-electron chi connectivity index (χ4n) is 4.40. The van der Waals surface area contributed by atoms with Crippen molar-refractivity contribution in [2.75, 3.05) is 31.5 Å². The average molecular weight is 644 g/mol. The van der Waals surface area contributed by atoms with Gasteiger partial charge in [0.25, 0.3) is 0 Å². The van der Waals surface area contributed by atoms with Crippen molar-refractivity contribution in [1.82, 2.24) is 14.5 Å². The van der Waals surface area contributed by atoms with Crippen molar-refractivity contribution < 1.29 is 18.0 Å². The summed E-state index contributed by atoms with van der Waals surface area (Å²) < 4.78 is 30.3. The molecule has 0 unspecified atom stereocenters. The molecule has 41 heavy (non-hydrogen) atoms. The van der Waals surface area contributed by atoms with Crippen LogP contribution in [0.4, 0.5) is 5.69 Å². The van der Waals surface area contributed by atoms with E-state index in [0.29, 0.717) is 12.2 Å². The molecule has 0 aliphatic rings. The van der Waals surface area contributed by atoms with Crippen LogP contribution in [0.5, 0.6) is 0 Å². The number of hydrogen-bond donors (Lipinski definition) is 1. The molecule has 0 radical (unpaired) electrons. The topological polar surface area (TPSA) is 90.0 Å². The Balaban J connectivity index is 2.11. The van der Waals surface area contributed by atoms with Gasteiger partial charge in [-0.15, -0.1) is 0 Å². The van der Waals surface area contributed by atoms with Crippen molar-refractivity contribution in [3.05, 3.63) is 99.5 Å². The largest absolute Gasteiger partial charge is 0.354 e. The summed E-state index contributed by atoms with van der Waals surface area (Å²) in [5, 5.41) is 2.95. The normalized spacial score (nSPS) is 12.2. The van der Waals surface area contributed by atoms with Gasteiger partial charge in [-0.1, -0.05) is 77.5 Å². The maximum absolute atomic E-state index is 14.3. The van der Waals surface area contributed by atoms with Crippen LogP contribution in [-0.2, 0) is 32.8 Å². The molecule has 220 valence electrons. The van der Waals surface area contributed by atoms with E-state index < -0.39 is 28.7 Å². The van der Waals surface area contributed by atoms with Gasteiger partial charge in [0.2, 0.25) is 11.8 Å². The van der Waals surface area contributed by atoms with Crippen LogP contribution in [0.25, 0.3) is 0 Å². The molecule has 0 spiro atoms. The number of carbonyl (C=O) groups is 2. The molecular weight excluding hydrogens is 604 g/mol. The summed E-state index contributed by atoms with van der Waals surface area (Å²) in [6.07, 6.45) is 1.02. The first-order chi connectivity index (χ1) is 19.4. The summed E-state index contributed by atoms with van der Waals surface area (Å²) in [5.41, 5.74) is 3.71. The van der Waals surface area contributed by atoms with Gasteiger partial charge in [-0.2, -0.15) is 12.7 Å². The summed E-state index contributed by atoms with van der Waals surface area (Å²) in [7, 11) is -1.17. The highest BCUT2D eigenvalue weighted by molar-refractivity contribution is 9.10. The van der Waals surface area contributed by atoms with Crippen LogP contribution in [0.2, 0.25) is 0 Å². The maximum atomic E-state index is 14.3. The number of anilines is 1. The number of aryl methyl sites for hydroxylation is 2. The molecule has 0 heterocycles. The Bertz CT molecular complexity index is 1430. The molecule has 8 nitrogen and oxygen atoms in total. The van der Waals surface area contributed by atoms with Crippen molar-refractivity contribution >= 4 is 43.6 Å². The number of carbonyl (C=O) groups excluding carboxylic acids is 2. The summed E-state index contributed by atoms with van der Waals surface area (Å²) in [6, 6.07) is 21.7. The first-order valence-electron chi connectivity index (χ1n) is 13.6. The third-order valence-electron chi connectivity index (χ3n) is 6.74. The quantitative estimate of drug-likeness (QED) is 0.289. The SMILES string of the molecule is CCCNC(=O)[C@@H](Cc1ccccc1)N(Cc1ccc(Br)cc1)C(=O)CN(c1cc(C)ccc1C)S(=O)(=O)N(C)C. The van der Waals surface area contributed by atoms with Crippen LogP contribution in [-0.4, -0.2) is 62.7 Å². The average Bonchev–Trinajstić information content (AvgIpc) is 2.95. The van der Waals surface area contributed by atoms with Crippen LogP contribution >= 0.6 is 15.9 Å². The van der Waals surface area contributed by atoms with E-state index in [1.807, 2.05) is 87.5 Å². The van der Waals surface area contributed by atoms with Crippen molar-refractivity contribution in [3.8, 4) is 0 Å². The van der Waals surface area contributed by atoms with E-state index >= 15 is 0 Å². The Kier molecular flexibility index (Phi) is 11.5. The Hall–Kier alpha value is -3.21. The van der Waals surface area contributed by atoms with Gasteiger partial charge in [-0.25, -0.2) is 4.31 Å². The van der Waals surface area contributed by atoms with Crippen molar-refractivity contribution in [2.24, 2.45) is 0 Å². The monoisotopic (exact) mass is 642 g/mol. The minimum absolute atomic E-state index is 0.131. The summed E-state index contributed by atoms with van der Waals surface area (Å²) in [5.74, 6) is -0.762. The third kappa shape index (κ3) is 8.64. The molecule has 0 bridgehead atoms. The predicted octanol–water partition coefficient (Wildman–Crippen LogP) is 4.85.